The highest BCUT2D eigenvalue weighted by molar-refractivity contribution is 5.88. The first-order valence-electron chi connectivity index (χ1n) is 6.98. The third-order valence-corrected chi connectivity index (χ3v) is 3.66. The van der Waals surface area contributed by atoms with E-state index in [1.807, 2.05) is 25.1 Å². The zero-order valence-corrected chi connectivity index (χ0v) is 12.0. The molecule has 0 fully saturated rings. The lowest BCUT2D eigenvalue weighted by molar-refractivity contribution is -0.137. The van der Waals surface area contributed by atoms with Crippen molar-refractivity contribution in [3.8, 4) is 0 Å². The van der Waals surface area contributed by atoms with E-state index < -0.39 is 0 Å². The van der Waals surface area contributed by atoms with Gasteiger partial charge >= 0.3 is 0 Å². The second-order valence-corrected chi connectivity index (χ2v) is 4.86. The summed E-state index contributed by atoms with van der Waals surface area (Å²) in [6.45, 7) is 3.29. The summed E-state index contributed by atoms with van der Waals surface area (Å²) in [7, 11) is 1.58. The summed E-state index contributed by atoms with van der Waals surface area (Å²) < 4.78 is 0. The van der Waals surface area contributed by atoms with Crippen molar-refractivity contribution in [3.63, 3.8) is 0 Å². The van der Waals surface area contributed by atoms with Crippen LogP contribution in [-0.2, 0) is 16.0 Å². The van der Waals surface area contributed by atoms with Crippen LogP contribution in [-0.4, -0.2) is 43.4 Å². The molecule has 0 spiro atoms. The minimum absolute atomic E-state index is 0.0387. The van der Waals surface area contributed by atoms with E-state index in [-0.39, 0.29) is 24.4 Å². The van der Waals surface area contributed by atoms with Crippen LogP contribution in [0.5, 0.6) is 0 Å². The number of nitrogens with zero attached hydrogens (tertiary/aromatic N) is 1. The molecule has 0 bridgehead atoms. The molecular formula is C15H21N3O2. The molecule has 0 aliphatic carbocycles. The first-order valence-corrected chi connectivity index (χ1v) is 6.98. The van der Waals surface area contributed by atoms with Crippen molar-refractivity contribution in [2.45, 2.75) is 19.4 Å². The topological polar surface area (TPSA) is 61.4 Å². The molecule has 5 nitrogen and oxygen atoms in total. The molecular weight excluding hydrogens is 254 g/mol. The zero-order chi connectivity index (χ0) is 14.5. The van der Waals surface area contributed by atoms with E-state index in [0.29, 0.717) is 6.54 Å². The second kappa shape index (κ2) is 6.52. The minimum atomic E-state index is -0.343. The number of rotatable bonds is 4. The maximum absolute atomic E-state index is 12.6. The van der Waals surface area contributed by atoms with E-state index in [0.717, 1.165) is 18.5 Å². The lowest BCUT2D eigenvalue weighted by Gasteiger charge is -2.30. The first kappa shape index (κ1) is 14.5. The van der Waals surface area contributed by atoms with E-state index >= 15 is 0 Å². The number of likely N-dealkylation sites (N-methyl/N-ethyl adjacent to an activating group) is 2. The number of benzene rings is 1. The molecule has 1 heterocycles. The number of carbonyl (C=O) groups is 2. The number of hydrogen-bond acceptors (Lipinski definition) is 3. The van der Waals surface area contributed by atoms with Crippen LogP contribution >= 0.6 is 0 Å². The van der Waals surface area contributed by atoms with Gasteiger partial charge in [-0.15, -0.1) is 0 Å². The van der Waals surface area contributed by atoms with Crippen LogP contribution < -0.4 is 10.6 Å². The molecule has 2 rings (SSSR count). The third-order valence-electron chi connectivity index (χ3n) is 3.66. The predicted molar refractivity (Wildman–Crippen MR) is 77.2 cm³/mol. The van der Waals surface area contributed by atoms with Gasteiger partial charge in [0.15, 0.2) is 0 Å². The summed E-state index contributed by atoms with van der Waals surface area (Å²) in [5.74, 6) is -0.187. The second-order valence-electron chi connectivity index (χ2n) is 4.86. The molecule has 1 aliphatic rings. The van der Waals surface area contributed by atoms with Gasteiger partial charge in [-0.2, -0.15) is 0 Å². The number of carbonyl (C=O) groups excluding carboxylic acids is 2. The lowest BCUT2D eigenvalue weighted by Crippen LogP contribution is -2.46. The van der Waals surface area contributed by atoms with Crippen LogP contribution in [0.2, 0.25) is 0 Å². The van der Waals surface area contributed by atoms with Crippen molar-refractivity contribution in [2.75, 3.05) is 26.7 Å². The summed E-state index contributed by atoms with van der Waals surface area (Å²) >= 11 is 0. The maximum atomic E-state index is 12.6. The highest BCUT2D eigenvalue weighted by Crippen LogP contribution is 2.24. The third kappa shape index (κ3) is 2.99. The molecule has 1 aliphatic heterocycles. The first-order chi connectivity index (χ1) is 9.67. The van der Waals surface area contributed by atoms with E-state index in [1.54, 1.807) is 11.9 Å². The van der Waals surface area contributed by atoms with Crippen LogP contribution in [0.4, 0.5) is 0 Å². The molecule has 1 atom stereocenters. The molecule has 1 unspecified atom stereocenters. The molecule has 2 amide bonds. The Morgan fingerprint density at radius 1 is 1.40 bits per heavy atom. The van der Waals surface area contributed by atoms with Crippen molar-refractivity contribution < 1.29 is 9.59 Å². The van der Waals surface area contributed by atoms with Crippen molar-refractivity contribution >= 4 is 11.8 Å². The molecule has 5 heteroatoms. The molecule has 20 heavy (non-hydrogen) atoms. The monoisotopic (exact) mass is 275 g/mol. The average molecular weight is 275 g/mol. The fourth-order valence-electron chi connectivity index (χ4n) is 2.51. The normalized spacial score (nSPS) is 17.2. The fraction of sp³-hybridized carbons (Fsp3) is 0.467. The minimum Gasteiger partial charge on any atom is -0.358 e. The Morgan fingerprint density at radius 3 is 2.85 bits per heavy atom. The Morgan fingerprint density at radius 2 is 2.15 bits per heavy atom. The van der Waals surface area contributed by atoms with Gasteiger partial charge in [0.05, 0.1) is 6.54 Å². The van der Waals surface area contributed by atoms with Crippen LogP contribution in [0.25, 0.3) is 0 Å². The zero-order valence-electron chi connectivity index (χ0n) is 12.0. The standard InChI is InChI=1S/C15H21N3O2/c1-3-18(10-13(19)16-2)15(20)14-12-7-5-4-6-11(12)8-9-17-14/h4-7,14,17H,3,8-10H2,1-2H3,(H,16,19). The molecule has 108 valence electrons. The van der Waals surface area contributed by atoms with Gasteiger partial charge in [0.1, 0.15) is 6.04 Å². The molecule has 0 radical (unpaired) electrons. The van der Waals surface area contributed by atoms with Gasteiger partial charge in [-0.1, -0.05) is 24.3 Å². The smallest absolute Gasteiger partial charge is 0.244 e. The Kier molecular flexibility index (Phi) is 4.74. The lowest BCUT2D eigenvalue weighted by atomic mass is 9.93. The van der Waals surface area contributed by atoms with Gasteiger partial charge in [0.25, 0.3) is 0 Å². The van der Waals surface area contributed by atoms with Gasteiger partial charge in [-0.05, 0) is 24.5 Å². The van der Waals surface area contributed by atoms with Crippen molar-refractivity contribution in [1.29, 1.82) is 0 Å². The summed E-state index contributed by atoms with van der Waals surface area (Å²) in [5.41, 5.74) is 2.24. The Bertz CT molecular complexity index is 502. The average Bonchev–Trinajstić information content (AvgIpc) is 2.51. The van der Waals surface area contributed by atoms with Gasteiger partial charge in [-0.3, -0.25) is 9.59 Å². The maximum Gasteiger partial charge on any atom is 0.244 e. The molecule has 1 aromatic rings. The van der Waals surface area contributed by atoms with Crippen molar-refractivity contribution in [3.05, 3.63) is 35.4 Å². The Labute approximate surface area is 119 Å². The van der Waals surface area contributed by atoms with E-state index in [2.05, 4.69) is 16.7 Å². The SMILES string of the molecule is CCN(CC(=O)NC)C(=O)C1NCCc2ccccc21. The van der Waals surface area contributed by atoms with E-state index in [4.69, 9.17) is 0 Å². The van der Waals surface area contributed by atoms with E-state index in [9.17, 15) is 9.59 Å². The van der Waals surface area contributed by atoms with Gasteiger partial charge in [0.2, 0.25) is 11.8 Å². The van der Waals surface area contributed by atoms with E-state index in [1.165, 1.54) is 5.56 Å². The largest absolute Gasteiger partial charge is 0.358 e. The fourth-order valence-corrected chi connectivity index (χ4v) is 2.51. The quantitative estimate of drug-likeness (QED) is 0.839. The summed E-state index contributed by atoms with van der Waals surface area (Å²) in [4.78, 5) is 25.7. The highest BCUT2D eigenvalue weighted by Gasteiger charge is 2.29. The number of fused-ring (bicyclic) bond motifs is 1. The van der Waals surface area contributed by atoms with Gasteiger partial charge < -0.3 is 15.5 Å². The number of hydrogen-bond donors (Lipinski definition) is 2. The molecule has 0 saturated carbocycles. The highest BCUT2D eigenvalue weighted by atomic mass is 16.2. The molecule has 1 aromatic carbocycles. The van der Waals surface area contributed by atoms with Crippen LogP contribution in [0.3, 0.4) is 0 Å². The molecule has 0 aromatic heterocycles. The van der Waals surface area contributed by atoms with Crippen molar-refractivity contribution in [2.24, 2.45) is 0 Å². The Hall–Kier alpha value is -1.88. The number of nitrogens with one attached hydrogen (secondary N) is 2. The molecule has 0 saturated heterocycles. The summed E-state index contributed by atoms with van der Waals surface area (Å²) in [6, 6.07) is 7.64. The van der Waals surface area contributed by atoms with Gasteiger partial charge in [0, 0.05) is 20.1 Å². The summed E-state index contributed by atoms with van der Waals surface area (Å²) in [5, 5.41) is 5.81. The van der Waals surface area contributed by atoms with Gasteiger partial charge in [-0.25, -0.2) is 0 Å². The van der Waals surface area contributed by atoms with Crippen molar-refractivity contribution in [1.82, 2.24) is 15.5 Å². The Balaban J connectivity index is 2.18. The van der Waals surface area contributed by atoms with Crippen LogP contribution in [0, 0.1) is 0 Å². The molecule has 2 N–H and O–H groups in total. The number of amides is 2. The predicted octanol–water partition coefficient (Wildman–Crippen LogP) is 0.468. The summed E-state index contributed by atoms with van der Waals surface area (Å²) in [6.07, 6.45) is 0.932. The van der Waals surface area contributed by atoms with Crippen LogP contribution in [0.15, 0.2) is 24.3 Å². The van der Waals surface area contributed by atoms with Crippen LogP contribution in [0.1, 0.15) is 24.1 Å².